The molecule has 1 aliphatic carbocycles. The number of anilines is 1. The van der Waals surface area contributed by atoms with Crippen molar-refractivity contribution < 1.29 is 14.2 Å². The molecule has 39 heavy (non-hydrogen) atoms. The molecule has 6 rings (SSSR count). The van der Waals surface area contributed by atoms with Gasteiger partial charge in [0.2, 0.25) is 0 Å². The monoisotopic (exact) mass is 530 g/mol. The Labute approximate surface area is 227 Å². The lowest BCUT2D eigenvalue weighted by Crippen LogP contribution is -2.51. The van der Waals surface area contributed by atoms with Gasteiger partial charge >= 0.3 is 0 Å². The third-order valence-electron chi connectivity index (χ3n) is 8.25. The van der Waals surface area contributed by atoms with Gasteiger partial charge < -0.3 is 20.1 Å². The maximum atomic E-state index is 15.5. The van der Waals surface area contributed by atoms with Crippen LogP contribution in [-0.2, 0) is 0 Å². The number of nitrogens with two attached hydrogens (primary N) is 1. The average molecular weight is 531 g/mol. The van der Waals surface area contributed by atoms with Gasteiger partial charge in [-0.1, -0.05) is 18.2 Å². The SMILES string of the molecule is Nc1ncnc2c1c(-c1ccc(Oc3ccccc3)cc1F)cn2C1CCC(N2CCN(CCO)CC2)CC1. The van der Waals surface area contributed by atoms with E-state index in [9.17, 15) is 5.11 Å². The number of benzene rings is 2. The van der Waals surface area contributed by atoms with Crippen molar-refractivity contribution in [3.05, 3.63) is 66.9 Å². The lowest BCUT2D eigenvalue weighted by molar-refractivity contribution is 0.0637. The number of piperazine rings is 1. The largest absolute Gasteiger partial charge is 0.457 e. The molecular formula is C30H35FN6O2. The molecule has 8 nitrogen and oxygen atoms in total. The number of aromatic nitrogens is 3. The second-order valence-electron chi connectivity index (χ2n) is 10.5. The van der Waals surface area contributed by atoms with Crippen LogP contribution in [0.25, 0.3) is 22.2 Å². The fourth-order valence-corrected chi connectivity index (χ4v) is 6.19. The topological polar surface area (TPSA) is 92.7 Å². The molecule has 0 bridgehead atoms. The summed E-state index contributed by atoms with van der Waals surface area (Å²) in [5, 5.41) is 9.91. The van der Waals surface area contributed by atoms with Crippen molar-refractivity contribution in [2.45, 2.75) is 37.8 Å². The molecule has 2 aliphatic rings. The van der Waals surface area contributed by atoms with Gasteiger partial charge in [0, 0.05) is 68.2 Å². The first kappa shape index (κ1) is 25.7. The lowest BCUT2D eigenvalue weighted by Gasteiger charge is -2.42. The van der Waals surface area contributed by atoms with Gasteiger partial charge in [-0.25, -0.2) is 14.4 Å². The number of hydrogen-bond acceptors (Lipinski definition) is 7. The van der Waals surface area contributed by atoms with E-state index < -0.39 is 0 Å². The predicted molar refractivity (Wildman–Crippen MR) is 150 cm³/mol. The minimum Gasteiger partial charge on any atom is -0.457 e. The highest BCUT2D eigenvalue weighted by Crippen LogP contribution is 2.40. The molecule has 204 valence electrons. The van der Waals surface area contributed by atoms with Crippen molar-refractivity contribution in [3.8, 4) is 22.6 Å². The predicted octanol–water partition coefficient (Wildman–Crippen LogP) is 4.71. The molecule has 0 unspecified atom stereocenters. The van der Waals surface area contributed by atoms with Crippen LogP contribution in [0.5, 0.6) is 11.5 Å². The van der Waals surface area contributed by atoms with Crippen molar-refractivity contribution in [1.29, 1.82) is 0 Å². The molecule has 3 heterocycles. The van der Waals surface area contributed by atoms with Crippen molar-refractivity contribution in [1.82, 2.24) is 24.3 Å². The van der Waals surface area contributed by atoms with E-state index in [0.29, 0.717) is 39.9 Å². The number of aliphatic hydroxyl groups is 1. The number of halogens is 1. The number of aliphatic hydroxyl groups excluding tert-OH is 1. The third kappa shape index (κ3) is 5.34. The highest BCUT2D eigenvalue weighted by atomic mass is 19.1. The molecule has 2 aromatic carbocycles. The first-order valence-electron chi connectivity index (χ1n) is 13.8. The fourth-order valence-electron chi connectivity index (χ4n) is 6.19. The van der Waals surface area contributed by atoms with Crippen LogP contribution in [0.15, 0.2) is 61.1 Å². The summed E-state index contributed by atoms with van der Waals surface area (Å²) < 4.78 is 23.5. The second kappa shape index (κ2) is 11.3. The van der Waals surface area contributed by atoms with Crippen LogP contribution in [0, 0.1) is 5.82 Å². The Morgan fingerprint density at radius 2 is 1.64 bits per heavy atom. The molecule has 1 saturated carbocycles. The van der Waals surface area contributed by atoms with Crippen molar-refractivity contribution in [3.63, 3.8) is 0 Å². The van der Waals surface area contributed by atoms with Gasteiger partial charge in [0.05, 0.1) is 12.0 Å². The van der Waals surface area contributed by atoms with Crippen LogP contribution < -0.4 is 10.5 Å². The van der Waals surface area contributed by atoms with Crippen LogP contribution >= 0.6 is 0 Å². The zero-order chi connectivity index (χ0) is 26.8. The van der Waals surface area contributed by atoms with Gasteiger partial charge in [-0.15, -0.1) is 0 Å². The van der Waals surface area contributed by atoms with E-state index >= 15 is 4.39 Å². The number of nitrogen functional groups attached to an aromatic ring is 1. The Hall–Kier alpha value is -3.53. The number of fused-ring (bicyclic) bond motifs is 1. The minimum atomic E-state index is -0.380. The number of hydrogen-bond donors (Lipinski definition) is 2. The number of nitrogens with zero attached hydrogens (tertiary/aromatic N) is 5. The first-order chi connectivity index (χ1) is 19.1. The molecule has 1 aliphatic heterocycles. The Bertz CT molecular complexity index is 1410. The average Bonchev–Trinajstić information content (AvgIpc) is 3.35. The minimum absolute atomic E-state index is 0.224. The summed E-state index contributed by atoms with van der Waals surface area (Å²) in [4.78, 5) is 13.8. The molecule has 0 spiro atoms. The summed E-state index contributed by atoms with van der Waals surface area (Å²) in [6.07, 6.45) is 7.77. The molecule has 0 atom stereocenters. The number of ether oxygens (including phenoxy) is 1. The third-order valence-corrected chi connectivity index (χ3v) is 8.25. The van der Waals surface area contributed by atoms with E-state index in [1.165, 1.54) is 12.4 Å². The van der Waals surface area contributed by atoms with Crippen LogP contribution in [-0.4, -0.2) is 74.8 Å². The summed E-state index contributed by atoms with van der Waals surface area (Å²) in [7, 11) is 0. The Balaban J connectivity index is 1.22. The fraction of sp³-hybridized carbons (Fsp3) is 0.400. The van der Waals surface area contributed by atoms with E-state index in [-0.39, 0.29) is 18.5 Å². The first-order valence-corrected chi connectivity index (χ1v) is 13.8. The lowest BCUT2D eigenvalue weighted by atomic mass is 9.89. The van der Waals surface area contributed by atoms with E-state index in [2.05, 4.69) is 24.3 Å². The van der Waals surface area contributed by atoms with Crippen LogP contribution in [0.1, 0.15) is 31.7 Å². The molecular weight excluding hydrogens is 495 g/mol. The smallest absolute Gasteiger partial charge is 0.146 e. The van der Waals surface area contributed by atoms with E-state index in [4.69, 9.17) is 10.5 Å². The zero-order valence-corrected chi connectivity index (χ0v) is 22.0. The summed E-state index contributed by atoms with van der Waals surface area (Å²) in [6.45, 7) is 5.13. The van der Waals surface area contributed by atoms with Gasteiger partial charge in [-0.2, -0.15) is 0 Å². The van der Waals surface area contributed by atoms with Gasteiger partial charge in [0.25, 0.3) is 0 Å². The molecule has 1 saturated heterocycles. The molecule has 9 heteroatoms. The summed E-state index contributed by atoms with van der Waals surface area (Å²) in [5.41, 5.74) is 8.24. The normalized spacial score (nSPS) is 20.9. The second-order valence-corrected chi connectivity index (χ2v) is 10.5. The van der Waals surface area contributed by atoms with Crippen LogP contribution in [0.4, 0.5) is 10.2 Å². The van der Waals surface area contributed by atoms with Crippen molar-refractivity contribution >= 4 is 16.9 Å². The van der Waals surface area contributed by atoms with E-state index in [1.54, 1.807) is 12.1 Å². The summed E-state index contributed by atoms with van der Waals surface area (Å²) in [5.74, 6) is 1.06. The van der Waals surface area contributed by atoms with Crippen molar-refractivity contribution in [2.24, 2.45) is 0 Å². The maximum absolute atomic E-state index is 15.5. The zero-order valence-electron chi connectivity index (χ0n) is 22.0. The summed E-state index contributed by atoms with van der Waals surface area (Å²) in [6, 6.07) is 15.1. The Kier molecular flexibility index (Phi) is 7.45. The molecule has 0 radical (unpaired) electrons. The number of para-hydroxylation sites is 1. The van der Waals surface area contributed by atoms with E-state index in [1.807, 2.05) is 36.5 Å². The van der Waals surface area contributed by atoms with Gasteiger partial charge in [-0.05, 0) is 49.9 Å². The Morgan fingerprint density at radius 1 is 0.897 bits per heavy atom. The standard InChI is InChI=1S/C30H35FN6O2/c31-27-18-24(39-23-4-2-1-3-5-23)10-11-25(27)26-19-37(30-28(26)29(32)33-20-34-30)22-8-6-21(7-9-22)36-14-12-35(13-15-36)16-17-38/h1-5,10-11,18-22,38H,6-9,12-17H2,(H2,32,33,34). The van der Waals surface area contributed by atoms with Crippen LogP contribution in [0.3, 0.4) is 0 Å². The summed E-state index contributed by atoms with van der Waals surface area (Å²) >= 11 is 0. The van der Waals surface area contributed by atoms with Crippen molar-refractivity contribution in [2.75, 3.05) is 45.1 Å². The highest BCUT2D eigenvalue weighted by molar-refractivity contribution is 6.00. The van der Waals surface area contributed by atoms with Gasteiger partial charge in [0.1, 0.15) is 35.1 Å². The highest BCUT2D eigenvalue weighted by Gasteiger charge is 2.30. The van der Waals surface area contributed by atoms with Gasteiger partial charge in [-0.3, -0.25) is 9.80 Å². The molecule has 2 fully saturated rings. The molecule has 3 N–H and O–H groups in total. The van der Waals surface area contributed by atoms with Crippen LogP contribution in [0.2, 0.25) is 0 Å². The quantitative estimate of drug-likeness (QED) is 0.358. The molecule has 4 aromatic rings. The number of rotatable bonds is 7. The molecule has 2 aromatic heterocycles. The maximum Gasteiger partial charge on any atom is 0.146 e. The van der Waals surface area contributed by atoms with E-state index in [0.717, 1.165) is 64.1 Å². The van der Waals surface area contributed by atoms with Gasteiger partial charge in [0.15, 0.2) is 0 Å². The number of β-amino-alcohol motifs (C(OH)–C–C–N with tert-alkyl or cyclic N) is 1. The Morgan fingerprint density at radius 3 is 2.36 bits per heavy atom. The molecule has 0 amide bonds.